The van der Waals surface area contributed by atoms with E-state index in [0.29, 0.717) is 45.6 Å². The highest BCUT2D eigenvalue weighted by Crippen LogP contribution is 2.35. The minimum atomic E-state index is -4.67. The summed E-state index contributed by atoms with van der Waals surface area (Å²) in [6.45, 7) is 4.99. The topological polar surface area (TPSA) is 136 Å². The number of pyridine rings is 3. The van der Waals surface area contributed by atoms with Gasteiger partial charge in [-0.2, -0.15) is 13.2 Å². The molecular weight excluding hydrogens is 769 g/mol. The number of ether oxygens (including phenoxy) is 2. The van der Waals surface area contributed by atoms with E-state index in [2.05, 4.69) is 36.2 Å². The zero-order chi connectivity index (χ0) is 39.0. The monoisotopic (exact) mass is 803 g/mol. The Hall–Kier alpha value is -5.38. The van der Waals surface area contributed by atoms with Crippen LogP contribution in [0.15, 0.2) is 71.5 Å². The second kappa shape index (κ2) is 17.4. The molecule has 3 aromatic heterocycles. The third kappa shape index (κ3) is 9.94. The van der Waals surface area contributed by atoms with Crippen LogP contribution in [-0.4, -0.2) is 64.4 Å². The molecule has 16 heteroatoms. The minimum Gasteiger partial charge on any atom is -0.494 e. The first-order chi connectivity index (χ1) is 25.1. The predicted octanol–water partition coefficient (Wildman–Crippen LogP) is 8.23. The number of carboxylic acids is 1. The highest BCUT2D eigenvalue weighted by atomic mass is 79.9. The lowest BCUT2D eigenvalue weighted by Gasteiger charge is -2.22. The lowest BCUT2D eigenvalue weighted by atomic mass is 9.96. The Labute approximate surface area is 309 Å². The number of anilines is 1. The van der Waals surface area contributed by atoms with E-state index >= 15 is 0 Å². The molecule has 3 N–H and O–H groups in total. The van der Waals surface area contributed by atoms with Gasteiger partial charge in [0.15, 0.2) is 5.75 Å². The third-order valence-corrected chi connectivity index (χ3v) is 8.52. The fourth-order valence-electron chi connectivity index (χ4n) is 5.31. The van der Waals surface area contributed by atoms with Gasteiger partial charge in [-0.15, -0.1) is 0 Å². The summed E-state index contributed by atoms with van der Waals surface area (Å²) in [5.74, 6) is -4.52. The van der Waals surface area contributed by atoms with Crippen LogP contribution in [0.1, 0.15) is 40.7 Å². The van der Waals surface area contributed by atoms with Crippen molar-refractivity contribution in [3.63, 3.8) is 0 Å². The average molecular weight is 805 g/mol. The molecule has 0 aliphatic carbocycles. The number of nitrogens with zero attached hydrogens (tertiary/aromatic N) is 3. The van der Waals surface area contributed by atoms with E-state index in [1.165, 1.54) is 14.0 Å². The van der Waals surface area contributed by atoms with Crippen molar-refractivity contribution in [3.05, 3.63) is 106 Å². The molecule has 280 valence electrons. The molecule has 0 aliphatic heterocycles. The maximum Gasteiger partial charge on any atom is 0.408 e. The second-order valence-electron chi connectivity index (χ2n) is 11.7. The molecule has 2 atom stereocenters. The first-order valence-corrected chi connectivity index (χ1v) is 16.8. The largest absolute Gasteiger partial charge is 0.494 e. The Bertz CT molecular complexity index is 2090. The van der Waals surface area contributed by atoms with E-state index in [1.807, 2.05) is 31.3 Å². The predicted molar refractivity (Wildman–Crippen MR) is 192 cm³/mol. The van der Waals surface area contributed by atoms with Crippen molar-refractivity contribution in [2.45, 2.75) is 51.9 Å². The van der Waals surface area contributed by atoms with Gasteiger partial charge in [0.25, 0.3) is 5.91 Å². The van der Waals surface area contributed by atoms with Crippen LogP contribution >= 0.6 is 15.9 Å². The van der Waals surface area contributed by atoms with Gasteiger partial charge in [0.2, 0.25) is 0 Å². The van der Waals surface area contributed by atoms with Crippen LogP contribution in [0.25, 0.3) is 22.2 Å². The molecule has 0 unspecified atom stereocenters. The van der Waals surface area contributed by atoms with E-state index in [9.17, 15) is 36.6 Å². The summed E-state index contributed by atoms with van der Waals surface area (Å²) < 4.78 is 80.1. The number of halogens is 6. The van der Waals surface area contributed by atoms with Crippen LogP contribution in [0, 0.1) is 25.5 Å². The fourth-order valence-corrected chi connectivity index (χ4v) is 5.88. The van der Waals surface area contributed by atoms with Crippen molar-refractivity contribution >= 4 is 44.4 Å². The van der Waals surface area contributed by atoms with Crippen LogP contribution in [0.3, 0.4) is 0 Å². The highest BCUT2D eigenvalue weighted by Gasteiger charge is 2.38. The van der Waals surface area contributed by atoms with E-state index in [-0.39, 0.29) is 6.42 Å². The molecule has 5 aromatic rings. The van der Waals surface area contributed by atoms with Crippen molar-refractivity contribution < 1.29 is 46.1 Å². The lowest BCUT2D eigenvalue weighted by molar-refractivity contribution is -0.143. The fraction of sp³-hybridized carbons (Fsp3) is 0.270. The number of aryl methyl sites for hydroxylation is 2. The van der Waals surface area contributed by atoms with Gasteiger partial charge in [-0.3, -0.25) is 9.78 Å². The van der Waals surface area contributed by atoms with Crippen LogP contribution < -0.4 is 20.1 Å². The summed E-state index contributed by atoms with van der Waals surface area (Å²) in [6, 6.07) is 11.4. The minimum absolute atomic E-state index is 0.283. The van der Waals surface area contributed by atoms with Gasteiger partial charge in [0.05, 0.1) is 19.7 Å². The number of rotatable bonds is 11. The maximum absolute atomic E-state index is 14.8. The number of carbonyl (C=O) groups is 2. The van der Waals surface area contributed by atoms with Gasteiger partial charge in [0.1, 0.15) is 45.3 Å². The van der Waals surface area contributed by atoms with Crippen molar-refractivity contribution in [3.8, 4) is 22.8 Å². The second-order valence-corrected chi connectivity index (χ2v) is 12.4. The summed E-state index contributed by atoms with van der Waals surface area (Å²) in [4.78, 5) is 38.1. The number of amides is 1. The summed E-state index contributed by atoms with van der Waals surface area (Å²) in [5.41, 5.74) is 2.13. The van der Waals surface area contributed by atoms with E-state index in [1.54, 1.807) is 49.7 Å². The van der Waals surface area contributed by atoms with Crippen LogP contribution in [-0.2, 0) is 11.2 Å². The van der Waals surface area contributed by atoms with Gasteiger partial charge in [-0.1, -0.05) is 25.1 Å². The number of hydrogen-bond acceptors (Lipinski definition) is 8. The molecule has 0 spiro atoms. The number of aromatic nitrogens is 3. The quantitative estimate of drug-likeness (QED) is 0.0892. The molecule has 10 nitrogen and oxygen atoms in total. The maximum atomic E-state index is 14.8. The number of aliphatic carboxylic acids is 1. The number of hydrogen-bond donors (Lipinski definition) is 3. The van der Waals surface area contributed by atoms with E-state index < -0.39 is 59.4 Å². The summed E-state index contributed by atoms with van der Waals surface area (Å²) >= 11 is 3.27. The molecule has 0 saturated carbocycles. The number of carboxylic acid groups (broad SMARTS) is 1. The Morgan fingerprint density at radius 2 is 1.55 bits per heavy atom. The van der Waals surface area contributed by atoms with Crippen molar-refractivity contribution in [1.82, 2.24) is 20.3 Å². The average Bonchev–Trinajstić information content (AvgIpc) is 3.10. The lowest BCUT2D eigenvalue weighted by Crippen LogP contribution is -2.43. The molecule has 0 saturated heterocycles. The third-order valence-electron chi connectivity index (χ3n) is 7.95. The van der Waals surface area contributed by atoms with Crippen LogP contribution in [0.5, 0.6) is 11.5 Å². The van der Waals surface area contributed by atoms with Gasteiger partial charge >= 0.3 is 12.1 Å². The molecule has 0 bridgehead atoms. The number of carbonyl (C=O) groups excluding carboxylic acids is 1. The molecule has 0 aliphatic rings. The first-order valence-electron chi connectivity index (χ1n) is 16.0. The molecule has 0 fully saturated rings. The van der Waals surface area contributed by atoms with Crippen LogP contribution in [0.2, 0.25) is 0 Å². The molecule has 2 aromatic carbocycles. The highest BCUT2D eigenvalue weighted by molar-refractivity contribution is 9.10. The number of alkyl halides is 3. The smallest absolute Gasteiger partial charge is 0.408 e. The molecule has 5 rings (SSSR count). The summed E-state index contributed by atoms with van der Waals surface area (Å²) in [5, 5.41) is 14.5. The van der Waals surface area contributed by atoms with Crippen molar-refractivity contribution in [2.75, 3.05) is 19.5 Å². The van der Waals surface area contributed by atoms with Crippen molar-refractivity contribution in [2.24, 2.45) is 0 Å². The van der Waals surface area contributed by atoms with Gasteiger partial charge in [0, 0.05) is 40.6 Å². The molecule has 3 heterocycles. The Kier molecular flexibility index (Phi) is 13.3. The SMILES string of the molecule is CC[C@@H](Nc1cc(F)c(C(=O)N[C@@H](Cc2ccc(-c3nc(C)ccc3OC)c3ncccc23)C(=O)O)c(F)c1)C(F)(F)F.COc1ccc(C)nc1Br. The Morgan fingerprint density at radius 1 is 0.925 bits per heavy atom. The number of methoxy groups -OCH3 is 2. The molecular formula is C37H35BrF5N5O5. The summed E-state index contributed by atoms with van der Waals surface area (Å²) in [7, 11) is 3.12. The Balaban J connectivity index is 0.000000541. The van der Waals surface area contributed by atoms with Gasteiger partial charge in [-0.05, 0) is 84.2 Å². The number of fused-ring (bicyclic) bond motifs is 1. The van der Waals surface area contributed by atoms with Crippen molar-refractivity contribution in [1.29, 1.82) is 0 Å². The standard InChI is InChI=1S/C30H27F5N4O4.C7H8BrNO/c1-4-24(30(33,34)35)38-17-13-20(31)25(21(32)14-17)28(40)39-22(29(41)42)12-16-8-9-19(26-18(16)6-5-11-36-26)27-23(43-3)10-7-15(2)37-27;1-5-3-4-6(10-2)7(8)9-5/h5-11,13-14,22,24,38H,4,12H2,1-3H3,(H,39,40)(H,41,42);3-4H,1-2H3/t22-,24+;/m0./s1. The van der Waals surface area contributed by atoms with Gasteiger partial charge < -0.3 is 25.2 Å². The normalized spacial score (nSPS) is 12.3. The number of nitrogens with one attached hydrogen (secondary N) is 2. The van der Waals surface area contributed by atoms with Crippen LogP contribution in [0.4, 0.5) is 27.6 Å². The zero-order valence-electron chi connectivity index (χ0n) is 29.1. The van der Waals surface area contributed by atoms with E-state index in [0.717, 1.165) is 21.7 Å². The van der Waals surface area contributed by atoms with E-state index in [4.69, 9.17) is 9.47 Å². The zero-order valence-corrected chi connectivity index (χ0v) is 30.7. The van der Waals surface area contributed by atoms with Gasteiger partial charge in [-0.25, -0.2) is 23.5 Å². The number of benzene rings is 2. The molecule has 1 amide bonds. The molecule has 0 radical (unpaired) electrons. The first kappa shape index (κ1) is 40.4. The summed E-state index contributed by atoms with van der Waals surface area (Å²) in [6.07, 6.45) is -3.81. The molecule has 53 heavy (non-hydrogen) atoms. The Morgan fingerprint density at radius 3 is 2.11 bits per heavy atom.